The average Bonchev–Trinajstić information content (AvgIpc) is 3.09. The summed E-state index contributed by atoms with van der Waals surface area (Å²) in [6, 6.07) is 11.7. The predicted octanol–water partition coefficient (Wildman–Crippen LogP) is 2.94. The summed E-state index contributed by atoms with van der Waals surface area (Å²) in [5.74, 6) is 0.946. The number of phenols is 1. The summed E-state index contributed by atoms with van der Waals surface area (Å²) in [6.45, 7) is 5.52. The highest BCUT2D eigenvalue weighted by Crippen LogP contribution is 2.31. The maximum absolute atomic E-state index is 13.5. The molecule has 0 fully saturated rings. The van der Waals surface area contributed by atoms with Gasteiger partial charge in [-0.3, -0.25) is 14.2 Å². The van der Waals surface area contributed by atoms with Gasteiger partial charge >= 0.3 is 0 Å². The van der Waals surface area contributed by atoms with Gasteiger partial charge in [0, 0.05) is 11.3 Å². The minimum absolute atomic E-state index is 0.0386. The van der Waals surface area contributed by atoms with Crippen LogP contribution in [0.3, 0.4) is 0 Å². The Morgan fingerprint density at radius 1 is 1.24 bits per heavy atom. The Balaban J connectivity index is 1.91. The molecule has 2 aromatic carbocycles. The van der Waals surface area contributed by atoms with Crippen molar-refractivity contribution >= 4 is 23.2 Å². The lowest BCUT2D eigenvalue weighted by Gasteiger charge is -2.24. The van der Waals surface area contributed by atoms with Gasteiger partial charge in [-0.05, 0) is 62.2 Å². The number of rotatable bonds is 6. The molecule has 1 aliphatic heterocycles. The van der Waals surface area contributed by atoms with Gasteiger partial charge in [0.2, 0.25) is 0 Å². The first kappa shape index (κ1) is 22.5. The van der Waals surface area contributed by atoms with E-state index in [-0.39, 0.29) is 17.1 Å². The van der Waals surface area contributed by atoms with E-state index in [0.717, 1.165) is 5.56 Å². The van der Waals surface area contributed by atoms with Crippen molar-refractivity contribution < 1.29 is 19.4 Å². The van der Waals surface area contributed by atoms with E-state index in [1.54, 1.807) is 36.8 Å². The number of carbonyl (C=O) groups excluding carboxylic acids is 1. The van der Waals surface area contributed by atoms with Crippen molar-refractivity contribution in [2.24, 2.45) is 4.99 Å². The molecule has 33 heavy (non-hydrogen) atoms. The summed E-state index contributed by atoms with van der Waals surface area (Å²) in [6.07, 6.45) is 1.74. The Hall–Kier alpha value is -3.65. The summed E-state index contributed by atoms with van der Waals surface area (Å²) >= 11 is 1.26. The van der Waals surface area contributed by atoms with Crippen LogP contribution in [0.1, 0.15) is 37.9 Å². The number of fused-ring (bicyclic) bond motifs is 1. The minimum Gasteiger partial charge on any atom is -0.504 e. The van der Waals surface area contributed by atoms with Gasteiger partial charge in [-0.15, -0.1) is 0 Å². The molecule has 1 aliphatic rings. The van der Waals surface area contributed by atoms with Crippen molar-refractivity contribution in [2.45, 2.75) is 26.8 Å². The van der Waals surface area contributed by atoms with E-state index in [4.69, 9.17) is 9.47 Å². The molecule has 1 atom stereocenters. The molecule has 0 unspecified atom stereocenters. The SMILES string of the molecule is CCOc1cc(/C=c2/sc3n(c2=O)[C@@H](c2ccc(OC)cc2)C(C(C)=O)=C(C)N=3)ccc1O. The Morgan fingerprint density at radius 3 is 2.61 bits per heavy atom. The number of methoxy groups -OCH3 is 1. The number of benzene rings is 2. The highest BCUT2D eigenvalue weighted by molar-refractivity contribution is 7.07. The third kappa shape index (κ3) is 4.21. The quantitative estimate of drug-likeness (QED) is 0.606. The molecule has 0 radical (unpaired) electrons. The van der Waals surface area contributed by atoms with Crippen LogP contribution in [0, 0.1) is 0 Å². The molecule has 1 N–H and O–H groups in total. The molecule has 0 aliphatic carbocycles. The summed E-state index contributed by atoms with van der Waals surface area (Å²) in [5.41, 5.74) is 2.36. The van der Waals surface area contributed by atoms with E-state index in [2.05, 4.69) is 4.99 Å². The summed E-state index contributed by atoms with van der Waals surface area (Å²) < 4.78 is 12.8. The van der Waals surface area contributed by atoms with Gasteiger partial charge in [-0.2, -0.15) is 0 Å². The number of ether oxygens (including phenoxy) is 2. The zero-order valence-corrected chi connectivity index (χ0v) is 19.6. The number of aromatic nitrogens is 1. The molecule has 3 aromatic rings. The maximum atomic E-state index is 13.5. The topological polar surface area (TPSA) is 90.1 Å². The first-order valence-corrected chi connectivity index (χ1v) is 11.3. The van der Waals surface area contributed by atoms with Gasteiger partial charge in [-0.25, -0.2) is 4.99 Å². The molecule has 7 nitrogen and oxygen atoms in total. The number of hydrogen-bond donors (Lipinski definition) is 1. The number of nitrogens with zero attached hydrogens (tertiary/aromatic N) is 2. The molecule has 8 heteroatoms. The van der Waals surface area contributed by atoms with Crippen molar-refractivity contribution in [3.05, 3.63) is 84.5 Å². The molecule has 2 heterocycles. The van der Waals surface area contributed by atoms with E-state index in [0.29, 0.717) is 44.3 Å². The Morgan fingerprint density at radius 2 is 1.97 bits per heavy atom. The minimum atomic E-state index is -0.578. The van der Waals surface area contributed by atoms with Crippen LogP contribution in [0.4, 0.5) is 0 Å². The number of aromatic hydroxyl groups is 1. The lowest BCUT2D eigenvalue weighted by molar-refractivity contribution is -0.114. The van der Waals surface area contributed by atoms with Gasteiger partial charge in [0.1, 0.15) is 5.75 Å². The molecule has 0 saturated heterocycles. The lowest BCUT2D eigenvalue weighted by Crippen LogP contribution is -2.39. The standard InChI is InChI=1S/C25H24N2O5S/c1-5-32-20-12-16(6-11-19(20)29)13-21-24(30)27-23(17-7-9-18(31-4)10-8-17)22(15(3)28)14(2)26-25(27)33-21/h6-13,23,29H,5H2,1-4H3/b21-13+/t23-/m0/s1. The van der Waals surface area contributed by atoms with Crippen molar-refractivity contribution in [3.63, 3.8) is 0 Å². The number of allylic oxidation sites excluding steroid dienone is 2. The molecule has 4 rings (SSSR count). The van der Waals surface area contributed by atoms with Crippen LogP contribution in [-0.2, 0) is 4.79 Å². The average molecular weight is 465 g/mol. The van der Waals surface area contributed by atoms with Crippen LogP contribution in [0.25, 0.3) is 6.08 Å². The van der Waals surface area contributed by atoms with E-state index in [1.807, 2.05) is 31.2 Å². The number of thiazole rings is 1. The Kier molecular flexibility index (Phi) is 6.20. The molecular weight excluding hydrogens is 440 g/mol. The molecule has 0 saturated carbocycles. The number of carbonyl (C=O) groups is 1. The zero-order chi connectivity index (χ0) is 23.7. The summed E-state index contributed by atoms with van der Waals surface area (Å²) in [4.78, 5) is 31.2. The van der Waals surface area contributed by atoms with Crippen molar-refractivity contribution in [1.29, 1.82) is 0 Å². The maximum Gasteiger partial charge on any atom is 0.271 e. The van der Waals surface area contributed by atoms with E-state index in [9.17, 15) is 14.7 Å². The summed E-state index contributed by atoms with van der Waals surface area (Å²) in [7, 11) is 1.59. The van der Waals surface area contributed by atoms with Crippen LogP contribution >= 0.6 is 11.3 Å². The normalized spacial score (nSPS) is 15.8. The van der Waals surface area contributed by atoms with Gasteiger partial charge in [-0.1, -0.05) is 29.5 Å². The zero-order valence-electron chi connectivity index (χ0n) is 18.8. The van der Waals surface area contributed by atoms with Gasteiger partial charge in [0.15, 0.2) is 22.1 Å². The Bertz CT molecular complexity index is 1430. The number of Topliss-reactive ketones (excluding diaryl/α,β-unsaturated/α-hetero) is 1. The molecular formula is C25H24N2O5S. The third-order valence-electron chi connectivity index (χ3n) is 5.41. The highest BCUT2D eigenvalue weighted by Gasteiger charge is 2.30. The van der Waals surface area contributed by atoms with Crippen molar-refractivity contribution in [3.8, 4) is 17.2 Å². The fourth-order valence-corrected chi connectivity index (χ4v) is 4.96. The van der Waals surface area contributed by atoms with Crippen molar-refractivity contribution in [1.82, 2.24) is 4.57 Å². The molecule has 170 valence electrons. The second-order valence-corrected chi connectivity index (χ2v) is 8.58. The first-order chi connectivity index (χ1) is 15.8. The second-order valence-electron chi connectivity index (χ2n) is 7.57. The molecule has 0 bridgehead atoms. The number of phenolic OH excluding ortho intramolecular Hbond substituents is 1. The highest BCUT2D eigenvalue weighted by atomic mass is 32.1. The van der Waals surface area contributed by atoms with Crippen molar-refractivity contribution in [2.75, 3.05) is 13.7 Å². The van der Waals surface area contributed by atoms with Gasteiger partial charge in [0.25, 0.3) is 5.56 Å². The summed E-state index contributed by atoms with van der Waals surface area (Å²) in [5, 5.41) is 9.96. The molecule has 0 spiro atoms. The third-order valence-corrected chi connectivity index (χ3v) is 6.40. The molecule has 1 aromatic heterocycles. The fraction of sp³-hybridized carbons (Fsp3) is 0.240. The van der Waals surface area contributed by atoms with Crippen LogP contribution in [0.2, 0.25) is 0 Å². The van der Waals surface area contributed by atoms with Crippen LogP contribution in [-0.4, -0.2) is 29.2 Å². The van der Waals surface area contributed by atoms with Crippen LogP contribution in [0.5, 0.6) is 17.2 Å². The predicted molar refractivity (Wildman–Crippen MR) is 127 cm³/mol. The fourth-order valence-electron chi connectivity index (χ4n) is 3.92. The lowest BCUT2D eigenvalue weighted by atomic mass is 9.93. The van der Waals surface area contributed by atoms with Crippen LogP contribution in [0.15, 0.2) is 63.5 Å². The number of ketones is 1. The van der Waals surface area contributed by atoms with Gasteiger partial charge in [0.05, 0.1) is 24.3 Å². The van der Waals surface area contributed by atoms with E-state index < -0.39 is 6.04 Å². The van der Waals surface area contributed by atoms with Crippen LogP contribution < -0.4 is 24.4 Å². The Labute approximate surface area is 194 Å². The molecule has 0 amide bonds. The second kappa shape index (κ2) is 9.07. The largest absolute Gasteiger partial charge is 0.504 e. The first-order valence-electron chi connectivity index (χ1n) is 10.5. The smallest absolute Gasteiger partial charge is 0.271 e. The van der Waals surface area contributed by atoms with Gasteiger partial charge < -0.3 is 14.6 Å². The monoisotopic (exact) mass is 464 g/mol. The van der Waals surface area contributed by atoms with E-state index >= 15 is 0 Å². The van der Waals surface area contributed by atoms with E-state index in [1.165, 1.54) is 24.3 Å². The number of hydrogen-bond acceptors (Lipinski definition) is 7.